The first kappa shape index (κ1) is 15.3. The van der Waals surface area contributed by atoms with Crippen LogP contribution in [0.3, 0.4) is 0 Å². The topological polar surface area (TPSA) is 24.5 Å². The quantitative estimate of drug-likeness (QED) is 0.893. The van der Waals surface area contributed by atoms with Crippen LogP contribution in [0.2, 0.25) is 0 Å². The molecule has 1 aliphatic rings. The molecule has 3 unspecified atom stereocenters. The number of para-hydroxylation sites is 1. The number of piperazine rings is 1. The number of methoxy groups -OCH3 is 1. The highest BCUT2D eigenvalue weighted by Crippen LogP contribution is 2.32. The second-order valence-electron chi connectivity index (χ2n) is 5.69. The predicted molar refractivity (Wildman–Crippen MR) is 84.3 cm³/mol. The van der Waals surface area contributed by atoms with Gasteiger partial charge in [0, 0.05) is 36.8 Å². The first-order valence-corrected chi connectivity index (χ1v) is 7.83. The van der Waals surface area contributed by atoms with Crippen molar-refractivity contribution in [2.24, 2.45) is 0 Å². The molecule has 0 aliphatic carbocycles. The minimum Gasteiger partial charge on any atom is -0.496 e. The van der Waals surface area contributed by atoms with Crippen molar-refractivity contribution in [3.63, 3.8) is 0 Å². The molecule has 2 rings (SSSR count). The molecule has 1 aromatic rings. The lowest BCUT2D eigenvalue weighted by Gasteiger charge is -2.43. The van der Waals surface area contributed by atoms with Crippen LogP contribution in [0.1, 0.15) is 45.2 Å². The van der Waals surface area contributed by atoms with Gasteiger partial charge < -0.3 is 10.1 Å². The van der Waals surface area contributed by atoms with Gasteiger partial charge in [-0.3, -0.25) is 4.90 Å². The van der Waals surface area contributed by atoms with Gasteiger partial charge in [0.1, 0.15) is 5.75 Å². The predicted octanol–water partition coefficient (Wildman–Crippen LogP) is 3.22. The van der Waals surface area contributed by atoms with Crippen molar-refractivity contribution in [1.82, 2.24) is 10.2 Å². The lowest BCUT2D eigenvalue weighted by Crippen LogP contribution is -2.56. The molecule has 0 aromatic heterocycles. The Morgan fingerprint density at radius 2 is 2.05 bits per heavy atom. The summed E-state index contributed by atoms with van der Waals surface area (Å²) in [5.41, 5.74) is 1.30. The fraction of sp³-hybridized carbons (Fsp3) is 0.647. The number of benzene rings is 1. The average Bonchev–Trinajstić information content (AvgIpc) is 2.53. The van der Waals surface area contributed by atoms with E-state index in [9.17, 15) is 0 Å². The summed E-state index contributed by atoms with van der Waals surface area (Å²) in [6, 6.07) is 10.0. The normalized spacial score (nSPS) is 25.4. The van der Waals surface area contributed by atoms with Crippen LogP contribution in [0.15, 0.2) is 24.3 Å². The second-order valence-corrected chi connectivity index (χ2v) is 5.69. The van der Waals surface area contributed by atoms with Gasteiger partial charge in [0.05, 0.1) is 7.11 Å². The Morgan fingerprint density at radius 1 is 1.30 bits per heavy atom. The van der Waals surface area contributed by atoms with Crippen molar-refractivity contribution in [2.75, 3.05) is 20.2 Å². The molecule has 3 heteroatoms. The Labute approximate surface area is 123 Å². The zero-order chi connectivity index (χ0) is 14.5. The zero-order valence-corrected chi connectivity index (χ0v) is 13.2. The maximum absolute atomic E-state index is 5.54. The van der Waals surface area contributed by atoms with E-state index < -0.39 is 0 Å². The SMILES string of the molecule is CCC1CN(C(C)c2ccccc2OC)C(CC)CN1. The Morgan fingerprint density at radius 3 is 2.70 bits per heavy atom. The summed E-state index contributed by atoms with van der Waals surface area (Å²) in [6.07, 6.45) is 2.37. The van der Waals surface area contributed by atoms with E-state index in [1.807, 2.05) is 6.07 Å². The monoisotopic (exact) mass is 276 g/mol. The van der Waals surface area contributed by atoms with Crippen molar-refractivity contribution in [2.45, 2.75) is 51.7 Å². The van der Waals surface area contributed by atoms with E-state index in [4.69, 9.17) is 4.74 Å². The van der Waals surface area contributed by atoms with Gasteiger partial charge in [0.15, 0.2) is 0 Å². The summed E-state index contributed by atoms with van der Waals surface area (Å²) in [5.74, 6) is 1.00. The number of hydrogen-bond acceptors (Lipinski definition) is 3. The lowest BCUT2D eigenvalue weighted by molar-refractivity contribution is 0.0838. The molecule has 3 nitrogen and oxygen atoms in total. The molecule has 1 aromatic carbocycles. The summed E-state index contributed by atoms with van der Waals surface area (Å²) in [7, 11) is 1.76. The molecule has 20 heavy (non-hydrogen) atoms. The van der Waals surface area contributed by atoms with Gasteiger partial charge in [-0.1, -0.05) is 32.0 Å². The van der Waals surface area contributed by atoms with Gasteiger partial charge in [0.2, 0.25) is 0 Å². The van der Waals surface area contributed by atoms with E-state index in [0.717, 1.165) is 18.8 Å². The highest BCUT2D eigenvalue weighted by atomic mass is 16.5. The third-order valence-electron chi connectivity index (χ3n) is 4.59. The first-order valence-electron chi connectivity index (χ1n) is 7.83. The fourth-order valence-electron chi connectivity index (χ4n) is 3.20. The van der Waals surface area contributed by atoms with Gasteiger partial charge in [-0.2, -0.15) is 0 Å². The van der Waals surface area contributed by atoms with Crippen molar-refractivity contribution < 1.29 is 4.74 Å². The summed E-state index contributed by atoms with van der Waals surface area (Å²) < 4.78 is 5.54. The molecular formula is C17H28N2O. The third kappa shape index (κ3) is 3.15. The third-order valence-corrected chi connectivity index (χ3v) is 4.59. The van der Waals surface area contributed by atoms with Gasteiger partial charge in [-0.15, -0.1) is 0 Å². The van der Waals surface area contributed by atoms with Crippen LogP contribution in [0.5, 0.6) is 5.75 Å². The van der Waals surface area contributed by atoms with Crippen LogP contribution in [0.4, 0.5) is 0 Å². The van der Waals surface area contributed by atoms with E-state index in [1.165, 1.54) is 18.4 Å². The van der Waals surface area contributed by atoms with Crippen LogP contribution in [0, 0.1) is 0 Å². The van der Waals surface area contributed by atoms with Crippen LogP contribution in [-0.2, 0) is 0 Å². The van der Waals surface area contributed by atoms with Gasteiger partial charge in [-0.25, -0.2) is 0 Å². The van der Waals surface area contributed by atoms with Crippen LogP contribution in [0.25, 0.3) is 0 Å². The lowest BCUT2D eigenvalue weighted by atomic mass is 9.98. The first-order chi connectivity index (χ1) is 9.71. The number of hydrogen-bond donors (Lipinski definition) is 1. The fourth-order valence-corrected chi connectivity index (χ4v) is 3.20. The standard InChI is InChI=1S/C17H28N2O/c1-5-14-12-19(15(6-2)11-18-14)13(3)16-9-7-8-10-17(16)20-4/h7-10,13-15,18H,5-6,11-12H2,1-4H3. The molecule has 0 spiro atoms. The van der Waals surface area contributed by atoms with Crippen molar-refractivity contribution in [1.29, 1.82) is 0 Å². The molecule has 1 heterocycles. The molecule has 112 valence electrons. The van der Waals surface area contributed by atoms with Gasteiger partial charge in [0.25, 0.3) is 0 Å². The molecule has 3 atom stereocenters. The van der Waals surface area contributed by atoms with E-state index >= 15 is 0 Å². The summed E-state index contributed by atoms with van der Waals surface area (Å²) in [6.45, 7) is 9.05. The van der Waals surface area contributed by atoms with E-state index in [2.05, 4.69) is 49.2 Å². The smallest absolute Gasteiger partial charge is 0.123 e. The maximum Gasteiger partial charge on any atom is 0.123 e. The molecule has 0 saturated carbocycles. The zero-order valence-electron chi connectivity index (χ0n) is 13.2. The molecule has 0 bridgehead atoms. The number of nitrogens with one attached hydrogen (secondary N) is 1. The summed E-state index contributed by atoms with van der Waals surface area (Å²) >= 11 is 0. The molecule has 1 N–H and O–H groups in total. The Bertz CT molecular complexity index is 421. The van der Waals surface area contributed by atoms with Crippen LogP contribution >= 0.6 is 0 Å². The largest absolute Gasteiger partial charge is 0.496 e. The van der Waals surface area contributed by atoms with Gasteiger partial charge in [-0.05, 0) is 25.8 Å². The van der Waals surface area contributed by atoms with Gasteiger partial charge >= 0.3 is 0 Å². The van der Waals surface area contributed by atoms with Crippen molar-refractivity contribution in [3.8, 4) is 5.75 Å². The molecule has 1 fully saturated rings. The average molecular weight is 276 g/mol. The molecule has 0 radical (unpaired) electrons. The van der Waals surface area contributed by atoms with Crippen LogP contribution < -0.4 is 10.1 Å². The second kappa shape index (κ2) is 7.09. The number of nitrogens with zero attached hydrogens (tertiary/aromatic N) is 1. The summed E-state index contributed by atoms with van der Waals surface area (Å²) in [5, 5.41) is 3.66. The molecule has 0 amide bonds. The van der Waals surface area contributed by atoms with E-state index in [0.29, 0.717) is 18.1 Å². The minimum absolute atomic E-state index is 0.396. The van der Waals surface area contributed by atoms with E-state index in [-0.39, 0.29) is 0 Å². The molecule has 1 aliphatic heterocycles. The van der Waals surface area contributed by atoms with Crippen LogP contribution in [-0.4, -0.2) is 37.2 Å². The van der Waals surface area contributed by atoms with E-state index in [1.54, 1.807) is 7.11 Å². The number of rotatable bonds is 5. The Hall–Kier alpha value is -1.06. The highest BCUT2D eigenvalue weighted by molar-refractivity contribution is 5.35. The summed E-state index contributed by atoms with van der Waals surface area (Å²) in [4.78, 5) is 2.64. The maximum atomic E-state index is 5.54. The molecular weight excluding hydrogens is 248 g/mol. The van der Waals surface area contributed by atoms with Crippen molar-refractivity contribution in [3.05, 3.63) is 29.8 Å². The minimum atomic E-state index is 0.396. The Balaban J connectivity index is 2.22. The number of ether oxygens (including phenoxy) is 1. The molecule has 1 saturated heterocycles. The Kier molecular flexibility index (Phi) is 5.44. The van der Waals surface area contributed by atoms with Crippen molar-refractivity contribution >= 4 is 0 Å². The highest BCUT2D eigenvalue weighted by Gasteiger charge is 2.30.